The van der Waals surface area contributed by atoms with Gasteiger partial charge in [0.1, 0.15) is 6.04 Å². The van der Waals surface area contributed by atoms with Gasteiger partial charge in [0.2, 0.25) is 11.8 Å². The van der Waals surface area contributed by atoms with Gasteiger partial charge >= 0.3 is 0 Å². The Hall–Kier alpha value is -0.360. The van der Waals surface area contributed by atoms with Crippen molar-refractivity contribution in [1.82, 2.24) is 10.2 Å². The van der Waals surface area contributed by atoms with Gasteiger partial charge in [0.05, 0.1) is 0 Å². The Morgan fingerprint density at radius 1 is 1.41 bits per heavy atom. The van der Waals surface area contributed by atoms with Gasteiger partial charge in [-0.05, 0) is 6.92 Å². The fourth-order valence-electron chi connectivity index (χ4n) is 2.07. The van der Waals surface area contributed by atoms with Crippen molar-refractivity contribution in [1.29, 1.82) is 0 Å². The molecule has 0 aromatic carbocycles. The molecule has 2 atom stereocenters. The van der Waals surface area contributed by atoms with Crippen LogP contribution in [-0.2, 0) is 9.59 Å². The van der Waals surface area contributed by atoms with Crippen molar-refractivity contribution in [2.45, 2.75) is 24.6 Å². The van der Waals surface area contributed by atoms with Crippen LogP contribution in [0.15, 0.2) is 0 Å². The summed E-state index contributed by atoms with van der Waals surface area (Å²) in [6, 6.07) is -0.369. The van der Waals surface area contributed by atoms with Crippen LogP contribution in [0.2, 0.25) is 0 Å². The predicted octanol–water partition coefficient (Wildman–Crippen LogP) is 0.572. The second-order valence-corrected chi connectivity index (χ2v) is 6.95. The highest BCUT2D eigenvalue weighted by Gasteiger charge is 2.28. The molecule has 17 heavy (non-hydrogen) atoms. The fraction of sp³-hybridized carbons (Fsp3) is 0.818. The summed E-state index contributed by atoms with van der Waals surface area (Å²) in [6.45, 7) is 3.12. The van der Waals surface area contributed by atoms with E-state index in [1.54, 1.807) is 6.92 Å². The van der Waals surface area contributed by atoms with Crippen molar-refractivity contribution >= 4 is 35.3 Å². The highest BCUT2D eigenvalue weighted by atomic mass is 32.2. The molecule has 0 aromatic rings. The Kier molecular flexibility index (Phi) is 4.62. The summed E-state index contributed by atoms with van der Waals surface area (Å²) in [7, 11) is 0. The van der Waals surface area contributed by atoms with E-state index in [1.165, 1.54) is 11.5 Å². The summed E-state index contributed by atoms with van der Waals surface area (Å²) in [5.41, 5.74) is 0. The van der Waals surface area contributed by atoms with E-state index in [9.17, 15) is 9.59 Å². The molecule has 96 valence electrons. The topological polar surface area (TPSA) is 49.4 Å². The largest absolute Gasteiger partial charge is 0.345 e. The van der Waals surface area contributed by atoms with E-state index < -0.39 is 0 Å². The van der Waals surface area contributed by atoms with Crippen molar-refractivity contribution in [2.75, 3.05) is 30.3 Å². The molecule has 0 saturated carbocycles. The van der Waals surface area contributed by atoms with Gasteiger partial charge in [-0.1, -0.05) is 0 Å². The average molecular weight is 274 g/mol. The van der Waals surface area contributed by atoms with Crippen LogP contribution in [0.3, 0.4) is 0 Å². The Morgan fingerprint density at radius 2 is 2.24 bits per heavy atom. The van der Waals surface area contributed by atoms with Crippen LogP contribution in [0.25, 0.3) is 0 Å². The summed E-state index contributed by atoms with van der Waals surface area (Å²) in [5.74, 6) is 3.55. The first-order valence-electron chi connectivity index (χ1n) is 5.94. The molecule has 0 bridgehead atoms. The van der Waals surface area contributed by atoms with E-state index in [0.29, 0.717) is 18.2 Å². The van der Waals surface area contributed by atoms with Crippen molar-refractivity contribution in [2.24, 2.45) is 0 Å². The Labute approximate surface area is 110 Å². The van der Waals surface area contributed by atoms with Gasteiger partial charge in [0.15, 0.2) is 0 Å². The van der Waals surface area contributed by atoms with Crippen LogP contribution in [0.5, 0.6) is 0 Å². The molecule has 2 heterocycles. The van der Waals surface area contributed by atoms with Gasteiger partial charge in [-0.2, -0.15) is 23.5 Å². The van der Waals surface area contributed by atoms with Crippen molar-refractivity contribution in [3.63, 3.8) is 0 Å². The van der Waals surface area contributed by atoms with Gasteiger partial charge in [0, 0.05) is 42.0 Å². The molecule has 2 rings (SSSR count). The van der Waals surface area contributed by atoms with Crippen molar-refractivity contribution in [3.05, 3.63) is 0 Å². The molecule has 2 unspecified atom stereocenters. The summed E-state index contributed by atoms with van der Waals surface area (Å²) in [5, 5.41) is 3.24. The minimum absolute atomic E-state index is 0.0148. The Morgan fingerprint density at radius 3 is 2.94 bits per heavy atom. The second kappa shape index (κ2) is 6.00. The molecule has 2 aliphatic heterocycles. The van der Waals surface area contributed by atoms with E-state index >= 15 is 0 Å². The molecule has 0 aromatic heterocycles. The van der Waals surface area contributed by atoms with Gasteiger partial charge in [-0.15, -0.1) is 0 Å². The number of nitrogens with one attached hydrogen (secondary N) is 1. The minimum atomic E-state index is -0.369. The van der Waals surface area contributed by atoms with E-state index in [4.69, 9.17) is 0 Å². The normalized spacial score (nSPS) is 31.0. The quantitative estimate of drug-likeness (QED) is 0.800. The Balaban J connectivity index is 1.93. The number of hydrogen-bond donors (Lipinski definition) is 1. The predicted molar refractivity (Wildman–Crippen MR) is 72.4 cm³/mol. The number of thioether (sulfide) groups is 2. The number of hydrogen-bond acceptors (Lipinski definition) is 4. The second-order valence-electron chi connectivity index (χ2n) is 4.39. The third-order valence-corrected chi connectivity index (χ3v) is 5.80. The zero-order valence-electron chi connectivity index (χ0n) is 9.98. The Bertz CT molecular complexity index is 306. The maximum Gasteiger partial charge on any atom is 0.244 e. The lowest BCUT2D eigenvalue weighted by Crippen LogP contribution is -2.45. The number of rotatable bonds is 2. The van der Waals surface area contributed by atoms with Crippen LogP contribution in [0, 0.1) is 0 Å². The standard InChI is InChI=1S/C11H18N2O2S2/c1-8-11(15)13(3-2-10(14)12-8)6-9-7-16-4-5-17-9/h8-9H,2-7H2,1H3,(H,12,14). The molecule has 2 aliphatic rings. The fourth-order valence-corrected chi connectivity index (χ4v) is 4.75. The molecular formula is C11H18N2O2S2. The lowest BCUT2D eigenvalue weighted by molar-refractivity contribution is -0.133. The van der Waals surface area contributed by atoms with E-state index in [-0.39, 0.29) is 17.9 Å². The highest BCUT2D eigenvalue weighted by Crippen LogP contribution is 2.25. The van der Waals surface area contributed by atoms with Gasteiger partial charge in [0.25, 0.3) is 0 Å². The third-order valence-electron chi connectivity index (χ3n) is 2.98. The van der Waals surface area contributed by atoms with E-state index in [2.05, 4.69) is 5.32 Å². The first-order valence-corrected chi connectivity index (χ1v) is 8.14. The molecule has 6 heteroatoms. The van der Waals surface area contributed by atoms with Gasteiger partial charge in [-0.25, -0.2) is 0 Å². The van der Waals surface area contributed by atoms with Crippen LogP contribution in [0.4, 0.5) is 0 Å². The van der Waals surface area contributed by atoms with E-state index in [0.717, 1.165) is 12.3 Å². The maximum absolute atomic E-state index is 12.1. The van der Waals surface area contributed by atoms with Crippen molar-refractivity contribution < 1.29 is 9.59 Å². The van der Waals surface area contributed by atoms with Crippen LogP contribution in [-0.4, -0.2) is 58.4 Å². The zero-order valence-corrected chi connectivity index (χ0v) is 11.6. The summed E-state index contributed by atoms with van der Waals surface area (Å²) >= 11 is 3.91. The first kappa shape index (κ1) is 13.1. The van der Waals surface area contributed by atoms with Crippen LogP contribution >= 0.6 is 23.5 Å². The summed E-state index contributed by atoms with van der Waals surface area (Å²) in [6.07, 6.45) is 0.431. The molecule has 2 fully saturated rings. The molecule has 2 saturated heterocycles. The number of amides is 2. The maximum atomic E-state index is 12.1. The molecule has 0 spiro atoms. The lowest BCUT2D eigenvalue weighted by Gasteiger charge is -2.29. The van der Waals surface area contributed by atoms with Crippen LogP contribution < -0.4 is 5.32 Å². The highest BCUT2D eigenvalue weighted by molar-refractivity contribution is 8.06. The van der Waals surface area contributed by atoms with E-state index in [1.807, 2.05) is 28.4 Å². The minimum Gasteiger partial charge on any atom is -0.345 e. The zero-order chi connectivity index (χ0) is 12.3. The van der Waals surface area contributed by atoms with Crippen molar-refractivity contribution in [3.8, 4) is 0 Å². The number of carbonyl (C=O) groups is 2. The molecular weight excluding hydrogens is 256 g/mol. The molecule has 0 radical (unpaired) electrons. The first-order chi connectivity index (χ1) is 8.16. The smallest absolute Gasteiger partial charge is 0.244 e. The SMILES string of the molecule is CC1NC(=O)CCN(CC2CSCCS2)C1=O. The monoisotopic (exact) mass is 274 g/mol. The molecule has 0 aliphatic carbocycles. The third kappa shape index (κ3) is 3.55. The number of carbonyl (C=O) groups excluding carboxylic acids is 2. The summed E-state index contributed by atoms with van der Waals surface area (Å²) < 4.78 is 0. The lowest BCUT2D eigenvalue weighted by atomic mass is 10.3. The van der Waals surface area contributed by atoms with Gasteiger partial charge in [-0.3, -0.25) is 9.59 Å². The summed E-state index contributed by atoms with van der Waals surface area (Å²) in [4.78, 5) is 25.3. The molecule has 2 amide bonds. The molecule has 4 nitrogen and oxygen atoms in total. The number of nitrogens with zero attached hydrogens (tertiary/aromatic N) is 1. The van der Waals surface area contributed by atoms with Crippen LogP contribution in [0.1, 0.15) is 13.3 Å². The molecule has 1 N–H and O–H groups in total. The van der Waals surface area contributed by atoms with Gasteiger partial charge < -0.3 is 10.2 Å². The average Bonchev–Trinajstić information content (AvgIpc) is 2.44.